The Hall–Kier alpha value is -0.600. The maximum absolute atomic E-state index is 5.89. The SMILES string of the molecule is CC(C)=CC(N)Cc1ccsc1. The molecule has 0 aliphatic carbocycles. The van der Waals surface area contributed by atoms with Gasteiger partial charge in [0.1, 0.15) is 0 Å². The Morgan fingerprint density at radius 3 is 2.92 bits per heavy atom. The van der Waals surface area contributed by atoms with Crippen molar-refractivity contribution >= 4 is 11.3 Å². The molecule has 1 nitrogen and oxygen atoms in total. The molecule has 0 aliphatic heterocycles. The summed E-state index contributed by atoms with van der Waals surface area (Å²) in [6.07, 6.45) is 3.06. The van der Waals surface area contributed by atoms with Gasteiger partial charge in [-0.2, -0.15) is 11.3 Å². The Balaban J connectivity index is 2.47. The van der Waals surface area contributed by atoms with E-state index in [0.717, 1.165) is 6.42 Å². The minimum atomic E-state index is 0.171. The van der Waals surface area contributed by atoms with Gasteiger partial charge in [0, 0.05) is 6.04 Å². The maximum atomic E-state index is 5.89. The monoisotopic (exact) mass is 181 g/mol. The standard InChI is InChI=1S/C10H15NS/c1-8(2)5-10(11)6-9-3-4-12-7-9/h3-5,7,10H,6,11H2,1-2H3. The molecular weight excluding hydrogens is 166 g/mol. The van der Waals surface area contributed by atoms with Gasteiger partial charge in [0.2, 0.25) is 0 Å². The molecule has 0 saturated carbocycles. The van der Waals surface area contributed by atoms with Crippen LogP contribution in [0.15, 0.2) is 28.5 Å². The molecule has 1 heterocycles. The molecule has 0 spiro atoms. The lowest BCUT2D eigenvalue weighted by atomic mass is 10.1. The highest BCUT2D eigenvalue weighted by molar-refractivity contribution is 7.07. The third-order valence-corrected chi connectivity index (χ3v) is 2.33. The molecule has 0 amide bonds. The lowest BCUT2D eigenvalue weighted by Crippen LogP contribution is -2.19. The van der Waals surface area contributed by atoms with Gasteiger partial charge in [-0.3, -0.25) is 0 Å². The lowest BCUT2D eigenvalue weighted by Gasteiger charge is -2.04. The molecule has 0 aromatic carbocycles. The van der Waals surface area contributed by atoms with E-state index in [1.54, 1.807) is 11.3 Å². The number of thiophene rings is 1. The normalized spacial score (nSPS) is 12.6. The van der Waals surface area contributed by atoms with E-state index in [1.165, 1.54) is 11.1 Å². The summed E-state index contributed by atoms with van der Waals surface area (Å²) in [5.74, 6) is 0. The Bertz CT molecular complexity index is 245. The van der Waals surface area contributed by atoms with Crippen molar-refractivity contribution in [2.75, 3.05) is 0 Å². The molecule has 1 aromatic heterocycles. The van der Waals surface area contributed by atoms with Crippen LogP contribution < -0.4 is 5.73 Å². The third-order valence-electron chi connectivity index (χ3n) is 1.60. The van der Waals surface area contributed by atoms with E-state index < -0.39 is 0 Å². The number of hydrogen-bond donors (Lipinski definition) is 1. The first-order valence-electron chi connectivity index (χ1n) is 4.10. The van der Waals surface area contributed by atoms with E-state index in [-0.39, 0.29) is 6.04 Å². The van der Waals surface area contributed by atoms with Crippen LogP contribution in [0.2, 0.25) is 0 Å². The molecule has 1 rings (SSSR count). The first kappa shape index (κ1) is 9.49. The van der Waals surface area contributed by atoms with Gasteiger partial charge in [-0.15, -0.1) is 0 Å². The average molecular weight is 181 g/mol. The summed E-state index contributed by atoms with van der Waals surface area (Å²) in [6, 6.07) is 2.30. The summed E-state index contributed by atoms with van der Waals surface area (Å²) < 4.78 is 0. The fraction of sp³-hybridized carbons (Fsp3) is 0.400. The summed E-state index contributed by atoms with van der Waals surface area (Å²) in [4.78, 5) is 0. The highest BCUT2D eigenvalue weighted by Crippen LogP contribution is 2.08. The van der Waals surface area contributed by atoms with Crippen LogP contribution >= 0.6 is 11.3 Å². The van der Waals surface area contributed by atoms with Crippen molar-refractivity contribution in [3.05, 3.63) is 34.0 Å². The molecular formula is C10H15NS. The summed E-state index contributed by atoms with van der Waals surface area (Å²) in [5, 5.41) is 4.24. The van der Waals surface area contributed by atoms with Crippen molar-refractivity contribution in [2.24, 2.45) is 5.73 Å². The van der Waals surface area contributed by atoms with Crippen LogP contribution in [0.5, 0.6) is 0 Å². The molecule has 1 unspecified atom stereocenters. The number of nitrogens with two attached hydrogens (primary N) is 1. The first-order chi connectivity index (χ1) is 5.68. The predicted molar refractivity (Wildman–Crippen MR) is 55.4 cm³/mol. The molecule has 1 atom stereocenters. The largest absolute Gasteiger partial charge is 0.324 e. The van der Waals surface area contributed by atoms with Crippen LogP contribution in [0.4, 0.5) is 0 Å². The molecule has 0 fully saturated rings. The van der Waals surface area contributed by atoms with Crippen molar-refractivity contribution < 1.29 is 0 Å². The van der Waals surface area contributed by atoms with Crippen molar-refractivity contribution in [1.29, 1.82) is 0 Å². The number of hydrogen-bond acceptors (Lipinski definition) is 2. The molecule has 0 aliphatic rings. The lowest BCUT2D eigenvalue weighted by molar-refractivity contribution is 0.805. The van der Waals surface area contributed by atoms with Gasteiger partial charge >= 0.3 is 0 Å². The van der Waals surface area contributed by atoms with Gasteiger partial charge in [0.15, 0.2) is 0 Å². The fourth-order valence-electron chi connectivity index (χ4n) is 1.17. The fourth-order valence-corrected chi connectivity index (χ4v) is 1.85. The Morgan fingerprint density at radius 1 is 1.67 bits per heavy atom. The summed E-state index contributed by atoms with van der Waals surface area (Å²) in [6.45, 7) is 4.15. The summed E-state index contributed by atoms with van der Waals surface area (Å²) >= 11 is 1.72. The van der Waals surface area contributed by atoms with Gasteiger partial charge in [0.25, 0.3) is 0 Å². The van der Waals surface area contributed by atoms with Crippen LogP contribution in [-0.2, 0) is 6.42 Å². The molecule has 0 saturated heterocycles. The molecule has 0 radical (unpaired) electrons. The molecule has 12 heavy (non-hydrogen) atoms. The summed E-state index contributed by atoms with van der Waals surface area (Å²) in [5.41, 5.74) is 8.52. The number of rotatable bonds is 3. The van der Waals surface area contributed by atoms with E-state index in [0.29, 0.717) is 0 Å². The quantitative estimate of drug-likeness (QED) is 0.713. The first-order valence-corrected chi connectivity index (χ1v) is 5.04. The van der Waals surface area contributed by atoms with Crippen molar-refractivity contribution in [3.63, 3.8) is 0 Å². The highest BCUT2D eigenvalue weighted by atomic mass is 32.1. The van der Waals surface area contributed by atoms with Gasteiger partial charge in [-0.1, -0.05) is 11.6 Å². The second kappa shape index (κ2) is 4.43. The molecule has 2 N–H and O–H groups in total. The molecule has 1 aromatic rings. The van der Waals surface area contributed by atoms with Crippen molar-refractivity contribution in [2.45, 2.75) is 26.3 Å². The van der Waals surface area contributed by atoms with Gasteiger partial charge < -0.3 is 5.73 Å². The van der Waals surface area contributed by atoms with Crippen LogP contribution in [0, 0.1) is 0 Å². The second-order valence-electron chi connectivity index (χ2n) is 3.24. The Labute approximate surface area is 77.9 Å². The predicted octanol–water partition coefficient (Wildman–Crippen LogP) is 2.58. The maximum Gasteiger partial charge on any atom is 0.0267 e. The van der Waals surface area contributed by atoms with Gasteiger partial charge in [0.05, 0.1) is 0 Å². The van der Waals surface area contributed by atoms with Gasteiger partial charge in [-0.05, 0) is 42.7 Å². The Kier molecular flexibility index (Phi) is 3.50. The van der Waals surface area contributed by atoms with Gasteiger partial charge in [-0.25, -0.2) is 0 Å². The molecule has 66 valence electrons. The minimum absolute atomic E-state index is 0.171. The smallest absolute Gasteiger partial charge is 0.0267 e. The zero-order chi connectivity index (χ0) is 8.97. The van der Waals surface area contributed by atoms with Crippen LogP contribution in [0.25, 0.3) is 0 Å². The molecule has 0 bridgehead atoms. The zero-order valence-corrected chi connectivity index (χ0v) is 8.40. The van der Waals surface area contributed by atoms with E-state index in [4.69, 9.17) is 5.73 Å². The average Bonchev–Trinajstić information content (AvgIpc) is 2.37. The summed E-state index contributed by atoms with van der Waals surface area (Å²) in [7, 11) is 0. The minimum Gasteiger partial charge on any atom is -0.324 e. The molecule has 2 heteroatoms. The Morgan fingerprint density at radius 2 is 2.42 bits per heavy atom. The second-order valence-corrected chi connectivity index (χ2v) is 4.02. The van der Waals surface area contributed by atoms with E-state index in [9.17, 15) is 0 Å². The zero-order valence-electron chi connectivity index (χ0n) is 7.58. The highest BCUT2D eigenvalue weighted by Gasteiger charge is 1.99. The van der Waals surface area contributed by atoms with Crippen LogP contribution in [-0.4, -0.2) is 6.04 Å². The van der Waals surface area contributed by atoms with Crippen LogP contribution in [0.3, 0.4) is 0 Å². The van der Waals surface area contributed by atoms with E-state index in [1.807, 2.05) is 0 Å². The van der Waals surface area contributed by atoms with Crippen LogP contribution in [0.1, 0.15) is 19.4 Å². The topological polar surface area (TPSA) is 26.0 Å². The number of allylic oxidation sites excluding steroid dienone is 1. The van der Waals surface area contributed by atoms with E-state index >= 15 is 0 Å². The van der Waals surface area contributed by atoms with Crippen molar-refractivity contribution in [1.82, 2.24) is 0 Å². The third kappa shape index (κ3) is 3.20. The van der Waals surface area contributed by atoms with Crippen molar-refractivity contribution in [3.8, 4) is 0 Å². The van der Waals surface area contributed by atoms with E-state index in [2.05, 4.69) is 36.7 Å².